The molecule has 2 heterocycles. The molecule has 7 heteroatoms. The fourth-order valence-corrected chi connectivity index (χ4v) is 5.27. The Morgan fingerprint density at radius 2 is 1.80 bits per heavy atom. The summed E-state index contributed by atoms with van der Waals surface area (Å²) in [5, 5.41) is 2.82. The van der Waals surface area contributed by atoms with E-state index in [1.807, 2.05) is 18.2 Å². The number of carbonyl (C=O) groups excluding carboxylic acids is 1. The second-order valence-electron chi connectivity index (χ2n) is 6.26. The zero-order valence-corrected chi connectivity index (χ0v) is 14.0. The van der Waals surface area contributed by atoms with Gasteiger partial charge in [0.15, 0.2) is 0 Å². The Bertz CT molecular complexity index is 998. The highest BCUT2D eigenvalue weighted by atomic mass is 32.2. The normalized spacial score (nSPS) is 25.6. The van der Waals surface area contributed by atoms with Gasteiger partial charge in [0, 0.05) is 12.2 Å². The number of anilines is 1. The van der Waals surface area contributed by atoms with Crippen molar-refractivity contribution in [1.82, 2.24) is 4.31 Å². The van der Waals surface area contributed by atoms with E-state index >= 15 is 0 Å². The molecule has 1 saturated heterocycles. The lowest BCUT2D eigenvalue weighted by molar-refractivity contribution is -0.120. The van der Waals surface area contributed by atoms with E-state index < -0.39 is 21.6 Å². The molecule has 6 nitrogen and oxygen atoms in total. The molecule has 4 rings (SSSR count). The maximum Gasteiger partial charge on any atom is 0.293 e. The number of rotatable bonds is 2. The second-order valence-corrected chi connectivity index (χ2v) is 8.15. The summed E-state index contributed by atoms with van der Waals surface area (Å²) in [5.74, 6) is -0.242. The van der Waals surface area contributed by atoms with Crippen molar-refractivity contribution in [1.29, 1.82) is 0 Å². The number of sulfonamides is 1. The number of hydrogen-bond acceptors (Lipinski definition) is 3. The molecule has 2 aliphatic heterocycles. The van der Waals surface area contributed by atoms with Crippen molar-refractivity contribution in [2.75, 3.05) is 11.9 Å². The van der Waals surface area contributed by atoms with Gasteiger partial charge in [-0.3, -0.25) is 9.64 Å². The summed E-state index contributed by atoms with van der Waals surface area (Å²) in [5.41, 5.74) is 0.447. The summed E-state index contributed by atoms with van der Waals surface area (Å²) < 4.78 is 27.2. The topological polar surface area (TPSA) is 70.8 Å². The van der Waals surface area contributed by atoms with Crippen LogP contribution in [0.3, 0.4) is 0 Å². The van der Waals surface area contributed by atoms with Crippen LogP contribution >= 0.6 is 0 Å². The molecule has 1 N–H and O–H groups in total. The molecule has 126 valence electrons. The van der Waals surface area contributed by atoms with Gasteiger partial charge in [-0.2, -0.15) is 0 Å². The number of benzene rings is 2. The highest BCUT2D eigenvalue weighted by Crippen LogP contribution is 2.47. The van der Waals surface area contributed by atoms with E-state index in [1.54, 1.807) is 24.3 Å². The first-order valence-corrected chi connectivity index (χ1v) is 9.27. The van der Waals surface area contributed by atoms with Crippen LogP contribution in [0.1, 0.15) is 12.0 Å². The van der Waals surface area contributed by atoms with Gasteiger partial charge in [-0.15, -0.1) is 4.31 Å². The van der Waals surface area contributed by atoms with Gasteiger partial charge in [0.05, 0.1) is 16.7 Å². The van der Waals surface area contributed by atoms with E-state index in [2.05, 4.69) is 10.2 Å². The van der Waals surface area contributed by atoms with Crippen LogP contribution in [-0.4, -0.2) is 31.3 Å². The van der Waals surface area contributed by atoms with Crippen LogP contribution in [0, 0.1) is 6.57 Å². The Morgan fingerprint density at radius 3 is 2.52 bits per heavy atom. The zero-order chi connectivity index (χ0) is 17.7. The maximum absolute atomic E-state index is 13.0. The van der Waals surface area contributed by atoms with Crippen LogP contribution in [0.5, 0.6) is 0 Å². The van der Waals surface area contributed by atoms with Gasteiger partial charge in [-0.25, -0.2) is 15.0 Å². The first-order valence-electron chi connectivity index (χ1n) is 7.83. The van der Waals surface area contributed by atoms with Crippen molar-refractivity contribution < 1.29 is 13.2 Å². The molecule has 1 fully saturated rings. The predicted octanol–water partition coefficient (Wildman–Crippen LogP) is 2.22. The van der Waals surface area contributed by atoms with Gasteiger partial charge in [0.1, 0.15) is 0 Å². The van der Waals surface area contributed by atoms with E-state index in [4.69, 9.17) is 6.57 Å². The largest absolute Gasteiger partial charge is 0.325 e. The number of nitrogens with one attached hydrogen (secondary N) is 1. The zero-order valence-electron chi connectivity index (χ0n) is 13.2. The Balaban J connectivity index is 1.81. The third-order valence-corrected chi connectivity index (χ3v) is 6.77. The third-order valence-electron chi connectivity index (χ3n) is 4.91. The number of fused-ring (bicyclic) bond motifs is 2. The summed E-state index contributed by atoms with van der Waals surface area (Å²) in [6.45, 7) is 7.43. The van der Waals surface area contributed by atoms with Crippen molar-refractivity contribution in [2.45, 2.75) is 22.9 Å². The summed E-state index contributed by atoms with van der Waals surface area (Å²) in [6, 6.07) is 15.3. The lowest BCUT2D eigenvalue weighted by Gasteiger charge is -2.21. The summed E-state index contributed by atoms with van der Waals surface area (Å²) in [6.07, 6.45) is -0.743. The third kappa shape index (κ3) is 2.18. The Morgan fingerprint density at radius 1 is 1.12 bits per heavy atom. The first kappa shape index (κ1) is 15.8. The summed E-state index contributed by atoms with van der Waals surface area (Å²) >= 11 is 0. The smallest absolute Gasteiger partial charge is 0.293 e. The Labute approximate surface area is 146 Å². The van der Waals surface area contributed by atoms with Crippen molar-refractivity contribution in [3.63, 3.8) is 0 Å². The average molecular weight is 353 g/mol. The maximum atomic E-state index is 13.0. The lowest BCUT2D eigenvalue weighted by Crippen LogP contribution is -2.39. The Hall–Kier alpha value is -2.69. The summed E-state index contributed by atoms with van der Waals surface area (Å²) in [7, 11) is -3.85. The van der Waals surface area contributed by atoms with E-state index in [1.165, 1.54) is 12.1 Å². The van der Waals surface area contributed by atoms with E-state index in [0.29, 0.717) is 5.69 Å². The van der Waals surface area contributed by atoms with Crippen LogP contribution in [0.25, 0.3) is 4.85 Å². The fraction of sp³-hybridized carbons (Fsp3) is 0.222. The van der Waals surface area contributed by atoms with Crippen molar-refractivity contribution in [3.8, 4) is 0 Å². The minimum absolute atomic E-state index is 0.0277. The van der Waals surface area contributed by atoms with Crippen LogP contribution < -0.4 is 5.32 Å². The number of hydrogen-bond donors (Lipinski definition) is 1. The molecule has 2 aliphatic rings. The molecule has 2 aromatic carbocycles. The molecule has 2 aromatic rings. The molecule has 0 unspecified atom stereocenters. The summed E-state index contributed by atoms with van der Waals surface area (Å²) in [4.78, 5) is 16.3. The monoisotopic (exact) mass is 353 g/mol. The quantitative estimate of drug-likeness (QED) is 0.842. The molecule has 1 spiro atoms. The molecule has 25 heavy (non-hydrogen) atoms. The molecule has 0 bridgehead atoms. The molecule has 2 atom stereocenters. The number of carbonyl (C=O) groups is 1. The van der Waals surface area contributed by atoms with E-state index in [-0.39, 0.29) is 23.8 Å². The highest BCUT2D eigenvalue weighted by molar-refractivity contribution is 7.89. The fourth-order valence-electron chi connectivity index (χ4n) is 3.67. The molecule has 0 saturated carbocycles. The molecule has 0 radical (unpaired) electrons. The van der Waals surface area contributed by atoms with Gasteiger partial charge in [-0.1, -0.05) is 36.4 Å². The van der Waals surface area contributed by atoms with Gasteiger partial charge in [0.25, 0.3) is 6.17 Å². The SMILES string of the molecule is [C-]#[N+][C@@H]1C[C@@]2(CN1S(=O)(=O)c1ccccc1)C(=O)Nc1ccccc12. The van der Waals surface area contributed by atoms with Crippen molar-refractivity contribution >= 4 is 21.6 Å². The van der Waals surface area contributed by atoms with Gasteiger partial charge in [-0.05, 0) is 23.8 Å². The van der Waals surface area contributed by atoms with Crippen molar-refractivity contribution in [3.05, 3.63) is 71.6 Å². The minimum Gasteiger partial charge on any atom is -0.325 e. The molecule has 0 aromatic heterocycles. The van der Waals surface area contributed by atoms with Gasteiger partial charge >= 0.3 is 0 Å². The number of amides is 1. The molecule has 0 aliphatic carbocycles. The number of para-hydroxylation sites is 1. The van der Waals surface area contributed by atoms with Crippen molar-refractivity contribution in [2.24, 2.45) is 0 Å². The predicted molar refractivity (Wildman–Crippen MR) is 92.1 cm³/mol. The van der Waals surface area contributed by atoms with E-state index in [0.717, 1.165) is 9.87 Å². The molecular weight excluding hydrogens is 338 g/mol. The Kier molecular flexibility index (Phi) is 3.42. The van der Waals surface area contributed by atoms with Gasteiger partial charge < -0.3 is 5.32 Å². The first-order chi connectivity index (χ1) is 12.0. The second kappa shape index (κ2) is 5.41. The average Bonchev–Trinajstić information content (AvgIpc) is 3.16. The van der Waals surface area contributed by atoms with Crippen LogP contribution in [-0.2, 0) is 20.2 Å². The van der Waals surface area contributed by atoms with Crippen LogP contribution in [0.2, 0.25) is 0 Å². The van der Waals surface area contributed by atoms with E-state index in [9.17, 15) is 13.2 Å². The molecular formula is C18H15N3O3S. The lowest BCUT2D eigenvalue weighted by atomic mass is 9.80. The van der Waals surface area contributed by atoms with Crippen LogP contribution in [0.15, 0.2) is 59.5 Å². The molecule has 1 amide bonds. The number of nitrogens with zero attached hydrogens (tertiary/aromatic N) is 2. The standard InChI is InChI=1S/C18H15N3O3S/c1-19-16-11-18(14-9-5-6-10-15(14)20-17(18)22)12-21(16)25(23,24)13-7-3-2-4-8-13/h2-10,16H,11-12H2,(H,20,22)/t16-,18-/m0/s1. The van der Waals surface area contributed by atoms with Gasteiger partial charge in [0.2, 0.25) is 15.9 Å². The minimum atomic E-state index is -3.85. The van der Waals surface area contributed by atoms with Crippen LogP contribution in [0.4, 0.5) is 5.69 Å². The highest BCUT2D eigenvalue weighted by Gasteiger charge is 2.60.